The van der Waals surface area contributed by atoms with Gasteiger partial charge in [0.25, 0.3) is 0 Å². The first-order chi connectivity index (χ1) is 23.1. The number of carbonyl (C=O) groups excluding carboxylic acids is 1. The molecular weight excluding hydrogens is 590 g/mol. The van der Waals surface area contributed by atoms with Crippen LogP contribution in [-0.4, -0.2) is 52.5 Å². The molecule has 0 spiro atoms. The molecule has 0 bridgehead atoms. The highest BCUT2D eigenvalue weighted by atomic mass is 16.2. The van der Waals surface area contributed by atoms with Crippen LogP contribution in [0.15, 0.2) is 97.8 Å². The molecule has 0 radical (unpaired) electrons. The van der Waals surface area contributed by atoms with Gasteiger partial charge in [0, 0.05) is 61.0 Å². The fourth-order valence-corrected chi connectivity index (χ4v) is 6.10. The van der Waals surface area contributed by atoms with E-state index in [1.54, 1.807) is 38.9 Å². The van der Waals surface area contributed by atoms with Crippen molar-refractivity contribution in [2.24, 2.45) is 7.05 Å². The van der Waals surface area contributed by atoms with E-state index >= 15 is 0 Å². The van der Waals surface area contributed by atoms with Crippen molar-refractivity contribution in [1.29, 1.82) is 5.26 Å². The number of amides is 2. The highest BCUT2D eigenvalue weighted by Crippen LogP contribution is 2.31. The van der Waals surface area contributed by atoms with E-state index in [9.17, 15) is 10.1 Å². The van der Waals surface area contributed by atoms with Crippen LogP contribution in [0.4, 0.5) is 16.6 Å². The van der Waals surface area contributed by atoms with Crippen LogP contribution < -0.4 is 15.5 Å². The molecule has 1 saturated carbocycles. The first-order valence-corrected chi connectivity index (χ1v) is 15.6. The van der Waals surface area contributed by atoms with E-state index in [0.717, 1.165) is 53.5 Å². The van der Waals surface area contributed by atoms with Gasteiger partial charge in [0.05, 0.1) is 35.4 Å². The summed E-state index contributed by atoms with van der Waals surface area (Å²) in [5.74, 6) is 1.07. The topological polar surface area (TPSA) is 142 Å². The second-order valence-electron chi connectivity index (χ2n) is 11.6. The van der Waals surface area contributed by atoms with Crippen molar-refractivity contribution in [3.05, 3.63) is 109 Å². The van der Waals surface area contributed by atoms with E-state index in [2.05, 4.69) is 31.9 Å². The minimum atomic E-state index is -0.180. The largest absolute Gasteiger partial charge is 0.351 e. The standard InChI is InChI=1S/C35H33N11O/c1-44-23-27(21-40-44)25-10-15-32(37-19-25)46(35(47)39-18-24-7-3-2-4-8-24)29-13-11-28(12-14-29)42-34-38-20-26(17-36)33(43-34)30-22-41-45-16-6-5-9-31(30)45/h2-10,15-16,19-23,28-29H,11-14,18H2,1H3,(H,39,47)(H,38,42,43). The Balaban J connectivity index is 1.07. The van der Waals surface area contributed by atoms with E-state index in [-0.39, 0.29) is 18.1 Å². The van der Waals surface area contributed by atoms with Crippen LogP contribution in [0.25, 0.3) is 27.9 Å². The maximum Gasteiger partial charge on any atom is 0.323 e. The minimum Gasteiger partial charge on any atom is -0.351 e. The van der Waals surface area contributed by atoms with Crippen LogP contribution in [0, 0.1) is 11.3 Å². The van der Waals surface area contributed by atoms with Crippen LogP contribution in [0.3, 0.4) is 0 Å². The zero-order valence-electron chi connectivity index (χ0n) is 25.9. The van der Waals surface area contributed by atoms with Crippen molar-refractivity contribution in [3.8, 4) is 28.5 Å². The van der Waals surface area contributed by atoms with E-state index in [0.29, 0.717) is 29.6 Å². The molecule has 1 aliphatic carbocycles. The van der Waals surface area contributed by atoms with Crippen LogP contribution in [0.5, 0.6) is 0 Å². The molecule has 0 saturated heterocycles. The summed E-state index contributed by atoms with van der Waals surface area (Å²) < 4.78 is 3.51. The average molecular weight is 624 g/mol. The molecule has 47 heavy (non-hydrogen) atoms. The van der Waals surface area contributed by atoms with Crippen LogP contribution in [0.2, 0.25) is 0 Å². The first kappa shape index (κ1) is 29.6. The second-order valence-corrected chi connectivity index (χ2v) is 11.6. The van der Waals surface area contributed by atoms with Gasteiger partial charge in [-0.25, -0.2) is 24.3 Å². The Bertz CT molecular complexity index is 2040. The number of carbonyl (C=O) groups is 1. The summed E-state index contributed by atoms with van der Waals surface area (Å²) in [7, 11) is 1.88. The van der Waals surface area contributed by atoms with E-state index in [1.807, 2.05) is 80.1 Å². The summed E-state index contributed by atoms with van der Waals surface area (Å²) in [6, 6.07) is 21.6. The number of urea groups is 1. The zero-order valence-corrected chi connectivity index (χ0v) is 25.9. The van der Waals surface area contributed by atoms with Crippen molar-refractivity contribution in [2.75, 3.05) is 10.2 Å². The van der Waals surface area contributed by atoms with Gasteiger partial charge in [0.1, 0.15) is 11.9 Å². The number of fused-ring (bicyclic) bond motifs is 1. The maximum atomic E-state index is 13.7. The quantitative estimate of drug-likeness (QED) is 0.223. The normalized spacial score (nSPS) is 16.0. The molecule has 0 atom stereocenters. The number of anilines is 2. The van der Waals surface area contributed by atoms with Crippen molar-refractivity contribution in [2.45, 2.75) is 44.3 Å². The van der Waals surface area contributed by atoms with Gasteiger partial charge in [-0.05, 0) is 55.5 Å². The van der Waals surface area contributed by atoms with Gasteiger partial charge in [-0.2, -0.15) is 15.5 Å². The molecule has 1 aliphatic rings. The Morgan fingerprint density at radius 2 is 1.77 bits per heavy atom. The van der Waals surface area contributed by atoms with Crippen LogP contribution in [0.1, 0.15) is 36.8 Å². The van der Waals surface area contributed by atoms with Gasteiger partial charge >= 0.3 is 6.03 Å². The third kappa shape index (κ3) is 6.37. The third-order valence-corrected chi connectivity index (χ3v) is 8.52. The van der Waals surface area contributed by atoms with E-state index < -0.39 is 0 Å². The number of nitriles is 1. The fraction of sp³-hybridized carbons (Fsp3) is 0.229. The molecule has 5 heterocycles. The molecule has 12 nitrogen and oxygen atoms in total. The SMILES string of the molecule is Cn1cc(-c2ccc(N(C(=O)NCc3ccccc3)C3CCC(Nc4ncc(C#N)c(-c5cnn6ccccc56)n4)CC3)nc2)cn1. The number of aryl methyl sites for hydroxylation is 1. The Labute approximate surface area is 271 Å². The van der Waals surface area contributed by atoms with Crippen molar-refractivity contribution in [1.82, 2.24) is 39.7 Å². The highest BCUT2D eigenvalue weighted by Gasteiger charge is 2.31. The summed E-state index contributed by atoms with van der Waals surface area (Å²) in [4.78, 5) is 29.5. The molecule has 7 rings (SSSR count). The van der Waals surface area contributed by atoms with Gasteiger partial charge in [-0.1, -0.05) is 36.4 Å². The number of hydrogen-bond donors (Lipinski definition) is 2. The predicted octanol–water partition coefficient (Wildman–Crippen LogP) is 5.60. The van der Waals surface area contributed by atoms with Gasteiger partial charge in [-0.3, -0.25) is 9.58 Å². The number of nitrogens with one attached hydrogen (secondary N) is 2. The highest BCUT2D eigenvalue weighted by molar-refractivity contribution is 5.91. The third-order valence-electron chi connectivity index (χ3n) is 8.52. The molecule has 0 unspecified atom stereocenters. The van der Waals surface area contributed by atoms with Crippen molar-refractivity contribution in [3.63, 3.8) is 0 Å². The Kier molecular flexibility index (Phi) is 8.25. The molecule has 2 amide bonds. The smallest absolute Gasteiger partial charge is 0.323 e. The number of rotatable bonds is 8. The molecule has 5 aromatic heterocycles. The van der Waals surface area contributed by atoms with Gasteiger partial charge in [-0.15, -0.1) is 0 Å². The van der Waals surface area contributed by atoms with Crippen molar-refractivity contribution < 1.29 is 4.79 Å². The van der Waals surface area contributed by atoms with Crippen LogP contribution in [-0.2, 0) is 13.6 Å². The zero-order chi connectivity index (χ0) is 32.2. The molecule has 0 aliphatic heterocycles. The molecule has 12 heteroatoms. The monoisotopic (exact) mass is 623 g/mol. The second kappa shape index (κ2) is 13.1. The number of benzene rings is 1. The van der Waals surface area contributed by atoms with Gasteiger partial charge in [0.15, 0.2) is 0 Å². The summed E-state index contributed by atoms with van der Waals surface area (Å²) in [5, 5.41) is 25.0. The number of aromatic nitrogens is 7. The van der Waals surface area contributed by atoms with Gasteiger partial charge < -0.3 is 10.6 Å². The maximum absolute atomic E-state index is 13.7. The summed E-state index contributed by atoms with van der Waals surface area (Å²) in [6.07, 6.45) is 13.8. The van der Waals surface area contributed by atoms with E-state index in [1.165, 1.54) is 0 Å². The van der Waals surface area contributed by atoms with Gasteiger partial charge in [0.2, 0.25) is 5.95 Å². The fourth-order valence-electron chi connectivity index (χ4n) is 6.10. The lowest BCUT2D eigenvalue weighted by Crippen LogP contribution is -2.49. The number of pyridine rings is 2. The van der Waals surface area contributed by atoms with Crippen molar-refractivity contribution >= 4 is 23.3 Å². The molecule has 6 aromatic rings. The lowest BCUT2D eigenvalue weighted by Gasteiger charge is -2.36. The Morgan fingerprint density at radius 1 is 0.936 bits per heavy atom. The lowest BCUT2D eigenvalue weighted by atomic mass is 9.90. The lowest BCUT2D eigenvalue weighted by molar-refractivity contribution is 0.240. The average Bonchev–Trinajstić information content (AvgIpc) is 3.75. The number of hydrogen-bond acceptors (Lipinski definition) is 8. The molecule has 234 valence electrons. The summed E-state index contributed by atoms with van der Waals surface area (Å²) >= 11 is 0. The summed E-state index contributed by atoms with van der Waals surface area (Å²) in [6.45, 7) is 0.423. The first-order valence-electron chi connectivity index (χ1n) is 15.6. The molecule has 1 fully saturated rings. The summed E-state index contributed by atoms with van der Waals surface area (Å²) in [5.41, 5.74) is 5.49. The number of nitrogens with zero attached hydrogens (tertiary/aromatic N) is 9. The molecule has 2 N–H and O–H groups in total. The Morgan fingerprint density at radius 3 is 2.51 bits per heavy atom. The predicted molar refractivity (Wildman–Crippen MR) is 178 cm³/mol. The molecular formula is C35H33N11O. The minimum absolute atomic E-state index is 0.0446. The van der Waals surface area contributed by atoms with E-state index in [4.69, 9.17) is 9.97 Å². The van der Waals surface area contributed by atoms with Crippen LogP contribution >= 0.6 is 0 Å². The molecule has 1 aromatic carbocycles. The Hall–Kier alpha value is -6.09.